The highest BCUT2D eigenvalue weighted by molar-refractivity contribution is 7.87. The van der Waals surface area contributed by atoms with Crippen molar-refractivity contribution in [2.24, 2.45) is 0 Å². The van der Waals surface area contributed by atoms with E-state index in [9.17, 15) is 13.2 Å². The van der Waals surface area contributed by atoms with Crippen LogP contribution in [0.3, 0.4) is 0 Å². The van der Waals surface area contributed by atoms with Crippen molar-refractivity contribution in [3.05, 3.63) is 0 Å². The first-order chi connectivity index (χ1) is 16.7. The summed E-state index contributed by atoms with van der Waals surface area (Å²) in [5.41, 5.74) is 0. The lowest BCUT2D eigenvalue weighted by atomic mass is 10.1. The Morgan fingerprint density at radius 3 is 2.34 bits per heavy atom. The third-order valence-electron chi connectivity index (χ3n) is 6.64. The molecule has 0 aromatic heterocycles. The van der Waals surface area contributed by atoms with Crippen molar-refractivity contribution in [1.29, 1.82) is 0 Å². The number of nitrogens with zero attached hydrogens (tertiary/aromatic N) is 1. The van der Waals surface area contributed by atoms with Gasteiger partial charge in [0.15, 0.2) is 12.1 Å². The van der Waals surface area contributed by atoms with Crippen LogP contribution in [0.5, 0.6) is 0 Å². The van der Waals surface area contributed by atoms with Gasteiger partial charge in [-0.15, -0.1) is 0 Å². The van der Waals surface area contributed by atoms with E-state index in [0.717, 1.165) is 32.1 Å². The van der Waals surface area contributed by atoms with Gasteiger partial charge >= 0.3 is 16.3 Å². The lowest BCUT2D eigenvalue weighted by molar-refractivity contribution is -0.221. The SMILES string of the molecule is CCCCCCCCCCO[C@@H]1[C@H]2OC(C)(C)O[C@H]2O[C@@H]1COC(=O)NS(=O)(=O)N1CCCCC1. The van der Waals surface area contributed by atoms with Crippen molar-refractivity contribution in [2.45, 2.75) is 122 Å². The molecule has 35 heavy (non-hydrogen) atoms. The van der Waals surface area contributed by atoms with Crippen LogP contribution in [0.25, 0.3) is 0 Å². The molecular weight excluding hydrogens is 476 g/mol. The molecule has 1 amide bonds. The van der Waals surface area contributed by atoms with E-state index >= 15 is 0 Å². The molecule has 3 aliphatic heterocycles. The van der Waals surface area contributed by atoms with E-state index in [1.807, 2.05) is 18.6 Å². The fourth-order valence-corrected chi connectivity index (χ4v) is 5.94. The summed E-state index contributed by atoms with van der Waals surface area (Å²) >= 11 is 0. The minimum absolute atomic E-state index is 0.163. The average Bonchev–Trinajstić information content (AvgIpc) is 3.28. The van der Waals surface area contributed by atoms with Gasteiger partial charge in [-0.1, -0.05) is 58.3 Å². The zero-order valence-electron chi connectivity index (χ0n) is 21.5. The second-order valence-electron chi connectivity index (χ2n) is 10.1. The van der Waals surface area contributed by atoms with Gasteiger partial charge in [-0.25, -0.2) is 9.52 Å². The van der Waals surface area contributed by atoms with Crippen LogP contribution >= 0.6 is 0 Å². The Morgan fingerprint density at radius 2 is 1.66 bits per heavy atom. The molecule has 0 spiro atoms. The van der Waals surface area contributed by atoms with Gasteiger partial charge in [0.1, 0.15) is 24.9 Å². The maximum atomic E-state index is 12.4. The van der Waals surface area contributed by atoms with Gasteiger partial charge in [0, 0.05) is 19.7 Å². The molecule has 3 fully saturated rings. The highest BCUT2D eigenvalue weighted by atomic mass is 32.2. The first-order valence-corrected chi connectivity index (χ1v) is 14.7. The Hall–Kier alpha value is -0.980. The molecule has 11 heteroatoms. The largest absolute Gasteiger partial charge is 0.446 e. The number of hydrogen-bond donors (Lipinski definition) is 1. The zero-order valence-corrected chi connectivity index (χ0v) is 22.4. The topological polar surface area (TPSA) is 113 Å². The van der Waals surface area contributed by atoms with Crippen LogP contribution in [-0.4, -0.2) is 75.5 Å². The van der Waals surface area contributed by atoms with Gasteiger partial charge in [-0.3, -0.25) is 0 Å². The molecule has 3 aliphatic rings. The van der Waals surface area contributed by atoms with E-state index in [4.69, 9.17) is 23.7 Å². The molecule has 3 saturated heterocycles. The van der Waals surface area contributed by atoms with E-state index in [2.05, 4.69) is 6.92 Å². The molecule has 0 aromatic rings. The molecule has 0 bridgehead atoms. The lowest BCUT2D eigenvalue weighted by Gasteiger charge is -2.27. The number of rotatable bonds is 14. The van der Waals surface area contributed by atoms with Crippen molar-refractivity contribution in [1.82, 2.24) is 9.03 Å². The number of nitrogens with one attached hydrogen (secondary N) is 1. The van der Waals surface area contributed by atoms with E-state index < -0.39 is 46.7 Å². The number of carbonyl (C=O) groups excluding carboxylic acids is 1. The summed E-state index contributed by atoms with van der Waals surface area (Å²) in [7, 11) is -3.92. The molecular formula is C24H44N2O8S. The average molecular weight is 521 g/mol. The first-order valence-electron chi connectivity index (χ1n) is 13.3. The third kappa shape index (κ3) is 8.82. The predicted octanol–water partition coefficient (Wildman–Crippen LogP) is 3.85. The molecule has 0 aromatic carbocycles. The van der Waals surface area contributed by atoms with Gasteiger partial charge < -0.3 is 23.7 Å². The number of ether oxygens (including phenoxy) is 5. The van der Waals surface area contributed by atoms with Gasteiger partial charge in [0.25, 0.3) is 0 Å². The van der Waals surface area contributed by atoms with Crippen LogP contribution in [0, 0.1) is 0 Å². The molecule has 0 unspecified atom stereocenters. The molecule has 0 radical (unpaired) electrons. The molecule has 0 aliphatic carbocycles. The van der Waals surface area contributed by atoms with E-state index in [1.54, 1.807) is 0 Å². The highest BCUT2D eigenvalue weighted by Crippen LogP contribution is 2.39. The Morgan fingerprint density at radius 1 is 1.00 bits per heavy atom. The van der Waals surface area contributed by atoms with Crippen molar-refractivity contribution in [3.8, 4) is 0 Å². The maximum Gasteiger partial charge on any atom is 0.422 e. The quantitative estimate of drug-likeness (QED) is 0.344. The smallest absolute Gasteiger partial charge is 0.422 e. The standard InChI is InChI=1S/C24H44N2O8S/c1-4-5-6-7-8-9-10-14-17-30-20-19(32-22-21(20)33-24(2,3)34-22)18-31-23(27)25-35(28,29)26-15-12-11-13-16-26/h19-22H,4-18H2,1-3H3,(H,25,27)/t19-,20+,21-,22-/m1/s1. The van der Waals surface area contributed by atoms with Crippen molar-refractivity contribution < 1.29 is 36.9 Å². The Labute approximate surface area is 210 Å². The molecule has 1 N–H and O–H groups in total. The van der Waals surface area contributed by atoms with E-state index in [1.165, 1.54) is 42.8 Å². The minimum atomic E-state index is -3.92. The fraction of sp³-hybridized carbons (Fsp3) is 0.958. The predicted molar refractivity (Wildman–Crippen MR) is 130 cm³/mol. The van der Waals surface area contributed by atoms with Crippen LogP contribution < -0.4 is 4.72 Å². The van der Waals surface area contributed by atoms with Crippen LogP contribution in [-0.2, 0) is 33.9 Å². The summed E-state index contributed by atoms with van der Waals surface area (Å²) in [5, 5.41) is 0. The number of amides is 1. The van der Waals surface area contributed by atoms with Crippen molar-refractivity contribution in [2.75, 3.05) is 26.3 Å². The zero-order chi connectivity index (χ0) is 25.3. The Kier molecular flexibility index (Phi) is 11.1. The monoisotopic (exact) mass is 520 g/mol. The number of fused-ring (bicyclic) bond motifs is 1. The summed E-state index contributed by atoms with van der Waals surface area (Å²) < 4.78 is 57.1. The summed E-state index contributed by atoms with van der Waals surface area (Å²) in [6.07, 6.45) is 8.96. The summed E-state index contributed by atoms with van der Waals surface area (Å²) in [6.45, 7) is 7.03. The Bertz CT molecular complexity index is 757. The molecule has 4 atom stereocenters. The van der Waals surface area contributed by atoms with Gasteiger partial charge in [0.2, 0.25) is 0 Å². The molecule has 0 saturated carbocycles. The van der Waals surface area contributed by atoms with E-state index in [-0.39, 0.29) is 6.61 Å². The van der Waals surface area contributed by atoms with Crippen LogP contribution in [0.1, 0.15) is 91.4 Å². The van der Waals surface area contributed by atoms with Crippen LogP contribution in [0.15, 0.2) is 0 Å². The molecule has 204 valence electrons. The van der Waals surface area contributed by atoms with E-state index in [0.29, 0.717) is 19.7 Å². The first kappa shape index (κ1) is 28.6. The highest BCUT2D eigenvalue weighted by Gasteiger charge is 2.55. The number of piperidine rings is 1. The molecule has 3 rings (SSSR count). The summed E-state index contributed by atoms with van der Waals surface area (Å²) in [6, 6.07) is 0. The molecule has 10 nitrogen and oxygen atoms in total. The lowest BCUT2D eigenvalue weighted by Crippen LogP contribution is -2.46. The number of hydrogen-bond acceptors (Lipinski definition) is 8. The van der Waals surface area contributed by atoms with Gasteiger partial charge in [-0.05, 0) is 33.1 Å². The fourth-order valence-electron chi connectivity index (χ4n) is 4.80. The maximum absolute atomic E-state index is 12.4. The molecule has 3 heterocycles. The van der Waals surface area contributed by atoms with Gasteiger partial charge in [-0.2, -0.15) is 12.7 Å². The summed E-state index contributed by atoms with van der Waals surface area (Å²) in [5.74, 6) is -0.791. The van der Waals surface area contributed by atoms with Crippen molar-refractivity contribution in [3.63, 3.8) is 0 Å². The number of unbranched alkanes of at least 4 members (excludes halogenated alkanes) is 7. The Balaban J connectivity index is 1.43. The number of carbonyl (C=O) groups is 1. The second-order valence-corrected chi connectivity index (χ2v) is 11.8. The second kappa shape index (κ2) is 13.5. The normalized spacial score (nSPS) is 28.7. The van der Waals surface area contributed by atoms with Crippen LogP contribution in [0.4, 0.5) is 4.79 Å². The summed E-state index contributed by atoms with van der Waals surface area (Å²) in [4.78, 5) is 12.2. The van der Waals surface area contributed by atoms with Crippen LogP contribution in [0.2, 0.25) is 0 Å². The van der Waals surface area contributed by atoms with Crippen molar-refractivity contribution >= 4 is 16.3 Å². The third-order valence-corrected chi connectivity index (χ3v) is 8.11. The minimum Gasteiger partial charge on any atom is -0.446 e. The van der Waals surface area contributed by atoms with Gasteiger partial charge in [0.05, 0.1) is 0 Å².